The van der Waals surface area contributed by atoms with Crippen LogP contribution in [0.25, 0.3) is 11.0 Å². The summed E-state index contributed by atoms with van der Waals surface area (Å²) in [5, 5.41) is 12.5. The van der Waals surface area contributed by atoms with Gasteiger partial charge in [-0.25, -0.2) is 4.98 Å². The van der Waals surface area contributed by atoms with E-state index in [1.807, 2.05) is 72.8 Å². The second-order valence-corrected chi connectivity index (χ2v) is 11.7. The molecule has 0 saturated carbocycles. The van der Waals surface area contributed by atoms with E-state index in [-0.39, 0.29) is 36.3 Å². The van der Waals surface area contributed by atoms with Gasteiger partial charge in [0.05, 0.1) is 36.0 Å². The quantitative estimate of drug-likeness (QED) is 0.260. The van der Waals surface area contributed by atoms with Crippen molar-refractivity contribution in [3.63, 3.8) is 0 Å². The number of para-hydroxylation sites is 2. The number of hydrogen-bond acceptors (Lipinski definition) is 7. The number of aliphatic hydroxyl groups is 1. The highest BCUT2D eigenvalue weighted by Crippen LogP contribution is 2.42. The van der Waals surface area contributed by atoms with Gasteiger partial charge in [-0.3, -0.25) is 9.78 Å². The predicted octanol–water partition coefficient (Wildman–Crippen LogP) is 6.43. The first-order valence-corrected chi connectivity index (χ1v) is 15.4. The summed E-state index contributed by atoms with van der Waals surface area (Å²) in [6, 6.07) is 23.1. The molecule has 4 unspecified atom stereocenters. The molecule has 8 nitrogen and oxygen atoms in total. The monoisotopic (exact) mass is 580 g/mol. The highest BCUT2D eigenvalue weighted by molar-refractivity contribution is 6.03. The van der Waals surface area contributed by atoms with Crippen LogP contribution in [0, 0.1) is 5.92 Å². The topological polar surface area (TPSA) is 96.8 Å². The molecule has 8 heteroatoms. The van der Waals surface area contributed by atoms with Gasteiger partial charge in [0.2, 0.25) is 0 Å². The number of hydrogen-bond donors (Lipinski definition) is 2. The number of fused-ring (bicyclic) bond motifs is 1. The molecule has 4 aromatic rings. The fourth-order valence-electron chi connectivity index (χ4n) is 6.10. The Kier molecular flexibility index (Phi) is 9.39. The Balaban J connectivity index is 1.23. The number of likely N-dealkylation sites (tertiary alicyclic amines) is 1. The second-order valence-electron chi connectivity index (χ2n) is 11.7. The van der Waals surface area contributed by atoms with Gasteiger partial charge >= 0.3 is 0 Å². The molecule has 2 fully saturated rings. The summed E-state index contributed by atoms with van der Waals surface area (Å²) in [6.45, 7) is 5.24. The molecule has 0 spiro atoms. The van der Waals surface area contributed by atoms with Crippen LogP contribution in [-0.2, 0) is 16.1 Å². The molecule has 0 bridgehead atoms. The fraction of sp³-hybridized carbons (Fsp3) is 0.400. The molecule has 0 radical (unpaired) electrons. The van der Waals surface area contributed by atoms with Crippen molar-refractivity contribution in [2.24, 2.45) is 5.92 Å². The SMILES string of the molecule is CC1C(CN2CCCCCCC2)OC(c2cccc(NC(=O)c3cnc4ccccc4n3)c2)OC1c1ccc(CO)cc1. The Morgan fingerprint density at radius 2 is 1.65 bits per heavy atom. The van der Waals surface area contributed by atoms with Crippen LogP contribution < -0.4 is 5.32 Å². The summed E-state index contributed by atoms with van der Waals surface area (Å²) in [5.74, 6) is -0.206. The fourth-order valence-corrected chi connectivity index (χ4v) is 6.10. The predicted molar refractivity (Wildman–Crippen MR) is 166 cm³/mol. The van der Waals surface area contributed by atoms with Crippen LogP contribution in [0.5, 0.6) is 0 Å². The largest absolute Gasteiger partial charge is 0.392 e. The molecule has 1 aromatic heterocycles. The van der Waals surface area contributed by atoms with Crippen molar-refractivity contribution in [3.05, 3.63) is 101 Å². The molecule has 224 valence electrons. The van der Waals surface area contributed by atoms with E-state index in [4.69, 9.17) is 9.47 Å². The molecule has 2 N–H and O–H groups in total. The standard InChI is InChI=1S/C35H40N4O4/c1-24-32(22-39-18-7-3-2-4-8-19-39)42-35(43-33(24)26-16-14-25(23-40)15-17-26)27-10-9-11-28(20-27)37-34(41)31-21-36-29-12-5-6-13-30(29)38-31/h5-6,9-17,20-21,24,32-33,35,40H,2-4,7-8,18-19,22-23H2,1H3,(H,37,41). The van der Waals surface area contributed by atoms with E-state index in [1.165, 1.54) is 38.3 Å². The highest BCUT2D eigenvalue weighted by Gasteiger charge is 2.39. The van der Waals surface area contributed by atoms with Gasteiger partial charge in [-0.1, -0.05) is 74.7 Å². The van der Waals surface area contributed by atoms with Crippen molar-refractivity contribution >= 4 is 22.6 Å². The highest BCUT2D eigenvalue weighted by atomic mass is 16.7. The molecule has 3 heterocycles. The van der Waals surface area contributed by atoms with Gasteiger partial charge in [-0.05, 0) is 61.3 Å². The van der Waals surface area contributed by atoms with Crippen LogP contribution in [0.15, 0.2) is 79.0 Å². The minimum Gasteiger partial charge on any atom is -0.392 e. The molecule has 2 saturated heterocycles. The van der Waals surface area contributed by atoms with Crippen LogP contribution in [0.1, 0.15) is 78.6 Å². The number of aromatic nitrogens is 2. The van der Waals surface area contributed by atoms with Gasteiger partial charge in [0, 0.05) is 23.7 Å². The van der Waals surface area contributed by atoms with Crippen LogP contribution in [0.4, 0.5) is 5.69 Å². The van der Waals surface area contributed by atoms with Gasteiger partial charge in [-0.2, -0.15) is 0 Å². The second kappa shape index (κ2) is 13.7. The third-order valence-corrected chi connectivity index (χ3v) is 8.61. The van der Waals surface area contributed by atoms with E-state index in [0.717, 1.165) is 41.8 Å². The first-order valence-electron chi connectivity index (χ1n) is 15.4. The molecule has 2 aliphatic heterocycles. The van der Waals surface area contributed by atoms with Crippen LogP contribution >= 0.6 is 0 Å². The maximum Gasteiger partial charge on any atom is 0.275 e. The maximum atomic E-state index is 13.1. The zero-order chi connectivity index (χ0) is 29.6. The Morgan fingerprint density at radius 1 is 0.907 bits per heavy atom. The van der Waals surface area contributed by atoms with Crippen molar-refractivity contribution < 1.29 is 19.4 Å². The number of ether oxygens (including phenoxy) is 2. The average Bonchev–Trinajstić information content (AvgIpc) is 3.03. The molecule has 4 atom stereocenters. The number of aliphatic hydroxyl groups excluding tert-OH is 1. The third kappa shape index (κ3) is 7.11. The summed E-state index contributed by atoms with van der Waals surface area (Å²) in [4.78, 5) is 24.5. The van der Waals surface area contributed by atoms with E-state index in [2.05, 4.69) is 27.1 Å². The van der Waals surface area contributed by atoms with E-state index in [1.54, 1.807) is 0 Å². The zero-order valence-electron chi connectivity index (χ0n) is 24.7. The van der Waals surface area contributed by atoms with Crippen molar-refractivity contribution in [3.8, 4) is 0 Å². The number of benzene rings is 3. The number of nitrogens with one attached hydrogen (secondary N) is 1. The van der Waals surface area contributed by atoms with E-state index < -0.39 is 6.29 Å². The molecule has 43 heavy (non-hydrogen) atoms. The Morgan fingerprint density at radius 3 is 2.42 bits per heavy atom. The first kappa shape index (κ1) is 29.4. The van der Waals surface area contributed by atoms with E-state index >= 15 is 0 Å². The Bertz CT molecular complexity index is 1520. The average molecular weight is 581 g/mol. The van der Waals surface area contributed by atoms with Crippen LogP contribution in [-0.4, -0.2) is 51.6 Å². The summed E-state index contributed by atoms with van der Waals surface area (Å²) < 4.78 is 13.4. The third-order valence-electron chi connectivity index (χ3n) is 8.61. The van der Waals surface area contributed by atoms with Gasteiger partial charge < -0.3 is 24.8 Å². The summed E-state index contributed by atoms with van der Waals surface area (Å²) in [5.41, 5.74) is 5.07. The van der Waals surface area contributed by atoms with E-state index in [0.29, 0.717) is 11.2 Å². The maximum absolute atomic E-state index is 13.1. The Labute approximate surface area is 253 Å². The van der Waals surface area contributed by atoms with Gasteiger partial charge in [0.15, 0.2) is 6.29 Å². The number of rotatable bonds is 7. The number of anilines is 1. The van der Waals surface area contributed by atoms with Crippen molar-refractivity contribution in [1.82, 2.24) is 14.9 Å². The number of nitrogens with zero attached hydrogens (tertiary/aromatic N) is 3. The molecule has 2 aliphatic rings. The van der Waals surface area contributed by atoms with Gasteiger partial charge in [0.1, 0.15) is 5.69 Å². The number of amides is 1. The summed E-state index contributed by atoms with van der Waals surface area (Å²) >= 11 is 0. The molecule has 1 amide bonds. The lowest BCUT2D eigenvalue weighted by Crippen LogP contribution is -2.45. The van der Waals surface area contributed by atoms with Crippen molar-refractivity contribution in [2.45, 2.75) is 64.1 Å². The molecular weight excluding hydrogens is 540 g/mol. The smallest absolute Gasteiger partial charge is 0.275 e. The molecule has 6 rings (SSSR count). The molecule has 3 aromatic carbocycles. The van der Waals surface area contributed by atoms with Gasteiger partial charge in [0.25, 0.3) is 5.91 Å². The summed E-state index contributed by atoms with van der Waals surface area (Å²) in [7, 11) is 0. The molecule has 0 aliphatic carbocycles. The number of carbonyl (C=O) groups excluding carboxylic acids is 1. The van der Waals surface area contributed by atoms with Gasteiger partial charge in [-0.15, -0.1) is 0 Å². The van der Waals surface area contributed by atoms with Crippen molar-refractivity contribution in [1.29, 1.82) is 0 Å². The Hall–Kier alpha value is -3.69. The first-order chi connectivity index (χ1) is 21.1. The van der Waals surface area contributed by atoms with E-state index in [9.17, 15) is 9.90 Å². The summed E-state index contributed by atoms with van der Waals surface area (Å²) in [6.07, 6.45) is 7.01. The van der Waals surface area contributed by atoms with Crippen LogP contribution in [0.3, 0.4) is 0 Å². The minimum atomic E-state index is -0.601. The lowest BCUT2D eigenvalue weighted by molar-refractivity contribution is -0.276. The minimum absolute atomic E-state index is 0.00792. The lowest BCUT2D eigenvalue weighted by Gasteiger charge is -2.43. The zero-order valence-corrected chi connectivity index (χ0v) is 24.7. The number of carbonyl (C=O) groups is 1. The normalized spacial score (nSPS) is 23.4. The lowest BCUT2D eigenvalue weighted by atomic mass is 9.89. The van der Waals surface area contributed by atoms with Crippen LogP contribution in [0.2, 0.25) is 0 Å². The van der Waals surface area contributed by atoms with Crippen molar-refractivity contribution in [2.75, 3.05) is 25.0 Å². The molecular formula is C35H40N4O4.